The summed E-state index contributed by atoms with van der Waals surface area (Å²) in [6, 6.07) is 92.5. The van der Waals surface area contributed by atoms with Crippen molar-refractivity contribution < 1.29 is 8.83 Å². The summed E-state index contributed by atoms with van der Waals surface area (Å²) in [6.45, 7) is 9.77. The lowest BCUT2D eigenvalue weighted by Gasteiger charge is -2.33. The van der Waals surface area contributed by atoms with Crippen LogP contribution in [0.1, 0.15) is 72.2 Å². The Bertz CT molecular complexity index is 5060. The summed E-state index contributed by atoms with van der Waals surface area (Å²) in [4.78, 5) is 2.55. The molecule has 0 saturated carbocycles. The van der Waals surface area contributed by atoms with Crippen molar-refractivity contribution in [2.75, 3.05) is 4.90 Å². The molecule has 0 amide bonds. The van der Waals surface area contributed by atoms with Crippen LogP contribution in [0.5, 0.6) is 0 Å². The Morgan fingerprint density at radius 2 is 0.756 bits per heavy atom. The Kier molecular flexibility index (Phi) is 9.01. The number of rotatable bonds is 5. The molecular formula is C79H53NO2. The number of nitrogens with zero attached hydrogens (tertiary/aromatic N) is 1. The summed E-state index contributed by atoms with van der Waals surface area (Å²) >= 11 is 0. The van der Waals surface area contributed by atoms with Crippen LogP contribution in [-0.2, 0) is 16.2 Å². The van der Waals surface area contributed by atoms with Crippen molar-refractivity contribution in [2.24, 2.45) is 0 Å². The molecule has 0 N–H and O–H groups in total. The molecule has 0 saturated heterocycles. The minimum Gasteiger partial charge on any atom is -0.455 e. The van der Waals surface area contributed by atoms with Gasteiger partial charge in [-0.1, -0.05) is 228 Å². The average molecular weight is 1050 g/mol. The fraction of sp³-hybridized carbons (Fsp3) is 0.0886. The monoisotopic (exact) mass is 1050 g/mol. The molecular weight excluding hydrogens is 995 g/mol. The van der Waals surface area contributed by atoms with Gasteiger partial charge in [0.15, 0.2) is 0 Å². The molecule has 4 aliphatic carbocycles. The van der Waals surface area contributed by atoms with E-state index in [1.807, 2.05) is 0 Å². The molecule has 3 heteroatoms. The summed E-state index contributed by atoms with van der Waals surface area (Å²) in [7, 11) is 0. The van der Waals surface area contributed by atoms with E-state index >= 15 is 0 Å². The van der Waals surface area contributed by atoms with E-state index in [0.29, 0.717) is 0 Å². The van der Waals surface area contributed by atoms with Crippen molar-refractivity contribution >= 4 is 60.9 Å². The van der Waals surface area contributed by atoms with E-state index in [1.54, 1.807) is 0 Å². The van der Waals surface area contributed by atoms with Crippen molar-refractivity contribution in [3.8, 4) is 66.8 Å². The first kappa shape index (κ1) is 45.9. The van der Waals surface area contributed by atoms with E-state index in [-0.39, 0.29) is 5.41 Å². The van der Waals surface area contributed by atoms with Crippen molar-refractivity contribution in [1.29, 1.82) is 0 Å². The maximum absolute atomic E-state index is 7.09. The number of furan rings is 2. The van der Waals surface area contributed by atoms with Crippen molar-refractivity contribution in [2.45, 2.75) is 43.9 Å². The Hall–Kier alpha value is -9.96. The first-order valence-corrected chi connectivity index (χ1v) is 28.8. The molecule has 4 aliphatic rings. The molecule has 0 fully saturated rings. The molecule has 2 heterocycles. The predicted molar refractivity (Wildman–Crippen MR) is 338 cm³/mol. The predicted octanol–water partition coefficient (Wildman–Crippen LogP) is 21.2. The average Bonchev–Trinajstić information content (AvgIpc) is 2.90. The maximum atomic E-state index is 7.09. The second kappa shape index (κ2) is 16.1. The molecule has 3 nitrogen and oxygen atoms in total. The highest BCUT2D eigenvalue weighted by Crippen LogP contribution is 2.67. The number of anilines is 3. The van der Waals surface area contributed by atoms with Crippen LogP contribution >= 0.6 is 0 Å². The summed E-state index contributed by atoms with van der Waals surface area (Å²) in [6.07, 6.45) is 0. The lowest BCUT2D eigenvalue weighted by atomic mass is 9.70. The van der Waals surface area contributed by atoms with Crippen LogP contribution in [0.4, 0.5) is 17.1 Å². The van der Waals surface area contributed by atoms with Crippen molar-refractivity contribution in [3.63, 3.8) is 0 Å². The largest absolute Gasteiger partial charge is 0.455 e. The van der Waals surface area contributed by atoms with E-state index in [4.69, 9.17) is 8.83 Å². The highest BCUT2D eigenvalue weighted by Gasteiger charge is 2.54. The number of fused-ring (bicyclic) bond motifs is 26. The zero-order chi connectivity index (χ0) is 54.4. The third-order valence-electron chi connectivity index (χ3n) is 19.4. The molecule has 0 atom stereocenters. The SMILES string of the molecule is CC1(C)c2ccccc2-c2c1c1c(c3c2oc2ccccc23)-c2ccc(N(c3ccc4c(c3)C3(c5ccccc5-c5ccccc53)c3cc(-c5ccccc5)c5oc6ccccc6c5c3-4)c3ccccc3-c3ccccc3)cc2C1(C)C. The van der Waals surface area contributed by atoms with Gasteiger partial charge < -0.3 is 13.7 Å². The summed E-state index contributed by atoms with van der Waals surface area (Å²) < 4.78 is 14.1. The zero-order valence-electron chi connectivity index (χ0n) is 45.9. The normalized spacial score (nSPS) is 14.9. The highest BCUT2D eigenvalue weighted by molar-refractivity contribution is 6.22. The van der Waals surface area contributed by atoms with Gasteiger partial charge in [-0.2, -0.15) is 0 Å². The fourth-order valence-corrected chi connectivity index (χ4v) is 16.1. The van der Waals surface area contributed by atoms with E-state index in [1.165, 1.54) is 94.4 Å². The third kappa shape index (κ3) is 5.70. The number of para-hydroxylation sites is 3. The molecule has 0 unspecified atom stereocenters. The molecule has 0 bridgehead atoms. The second-order valence-electron chi connectivity index (χ2n) is 24.1. The van der Waals surface area contributed by atoms with E-state index < -0.39 is 10.8 Å². The highest BCUT2D eigenvalue weighted by atomic mass is 16.3. The molecule has 18 rings (SSSR count). The van der Waals surface area contributed by atoms with Gasteiger partial charge in [-0.05, 0) is 143 Å². The molecule has 386 valence electrons. The number of hydrogen-bond donors (Lipinski definition) is 0. The lowest BCUT2D eigenvalue weighted by molar-refractivity contribution is 0.600. The lowest BCUT2D eigenvalue weighted by Crippen LogP contribution is -2.26. The number of hydrogen-bond acceptors (Lipinski definition) is 3. The van der Waals surface area contributed by atoms with Crippen LogP contribution in [0.3, 0.4) is 0 Å². The topological polar surface area (TPSA) is 29.5 Å². The summed E-state index contributed by atoms with van der Waals surface area (Å²) in [5.41, 5.74) is 30.8. The van der Waals surface area contributed by atoms with Gasteiger partial charge in [-0.25, -0.2) is 0 Å². The molecule has 0 aliphatic heterocycles. The quantitative estimate of drug-likeness (QED) is 0.172. The molecule has 12 aromatic carbocycles. The maximum Gasteiger partial charge on any atom is 0.144 e. The standard InChI is InChI=1S/C79H53NO2/c1-77(2)59-33-17-13-30-53(59)72-74(77)73-69(71-57-32-16-22-38-67(57)82-76(71)72)54-41-39-48(43-62(54)78(73,3)4)80(65-36-20-14-27-50(65)46-23-7-5-8-24-46)49-40-42-55-63(44-49)79(60-34-18-11-28-51(60)52-29-12-19-35-61(52)79)64-45-58(47-25-9-6-10-26-47)75-70(68(55)64)56-31-15-21-37-66(56)81-75/h5-45H,1-4H3. The molecule has 1 spiro atoms. The Balaban J connectivity index is 0.933. The van der Waals surface area contributed by atoms with Gasteiger partial charge in [0.05, 0.1) is 11.1 Å². The van der Waals surface area contributed by atoms with Gasteiger partial charge in [-0.3, -0.25) is 0 Å². The van der Waals surface area contributed by atoms with Crippen molar-refractivity contribution in [3.05, 3.63) is 293 Å². The smallest absolute Gasteiger partial charge is 0.144 e. The van der Waals surface area contributed by atoms with Gasteiger partial charge in [-0.15, -0.1) is 0 Å². The van der Waals surface area contributed by atoms with Crippen LogP contribution in [0.25, 0.3) is 111 Å². The van der Waals surface area contributed by atoms with Gasteiger partial charge in [0.2, 0.25) is 0 Å². The van der Waals surface area contributed by atoms with E-state index in [0.717, 1.165) is 77.8 Å². The van der Waals surface area contributed by atoms with Crippen LogP contribution in [-0.4, -0.2) is 0 Å². The Morgan fingerprint density at radius 1 is 0.305 bits per heavy atom. The first-order chi connectivity index (χ1) is 40.2. The van der Waals surface area contributed by atoms with Gasteiger partial charge >= 0.3 is 0 Å². The van der Waals surface area contributed by atoms with Crippen LogP contribution in [0.15, 0.2) is 258 Å². The Labute approximate surface area is 476 Å². The third-order valence-corrected chi connectivity index (χ3v) is 19.4. The second-order valence-corrected chi connectivity index (χ2v) is 24.1. The van der Waals surface area contributed by atoms with Crippen molar-refractivity contribution in [1.82, 2.24) is 0 Å². The molecule has 0 radical (unpaired) electrons. The summed E-state index contributed by atoms with van der Waals surface area (Å²) in [5.74, 6) is 0. The number of benzene rings is 12. The fourth-order valence-electron chi connectivity index (χ4n) is 16.1. The minimum atomic E-state index is -0.667. The zero-order valence-corrected chi connectivity index (χ0v) is 45.9. The molecule has 2 aromatic heterocycles. The van der Waals surface area contributed by atoms with Gasteiger partial charge in [0.1, 0.15) is 22.3 Å². The molecule has 82 heavy (non-hydrogen) atoms. The van der Waals surface area contributed by atoms with E-state index in [2.05, 4.69) is 281 Å². The van der Waals surface area contributed by atoms with Crippen LogP contribution in [0, 0.1) is 0 Å². The van der Waals surface area contributed by atoms with Gasteiger partial charge in [0, 0.05) is 60.4 Å². The summed E-state index contributed by atoms with van der Waals surface area (Å²) in [5, 5.41) is 4.64. The Morgan fingerprint density at radius 3 is 1.40 bits per heavy atom. The first-order valence-electron chi connectivity index (χ1n) is 28.8. The minimum absolute atomic E-state index is 0.266. The van der Waals surface area contributed by atoms with Crippen LogP contribution < -0.4 is 4.90 Å². The molecule has 14 aromatic rings. The van der Waals surface area contributed by atoms with Gasteiger partial charge in [0.25, 0.3) is 0 Å². The van der Waals surface area contributed by atoms with E-state index in [9.17, 15) is 0 Å². The van der Waals surface area contributed by atoms with Crippen LogP contribution in [0.2, 0.25) is 0 Å².